The van der Waals surface area contributed by atoms with Gasteiger partial charge < -0.3 is 15.5 Å². The van der Waals surface area contributed by atoms with Crippen molar-refractivity contribution in [1.29, 1.82) is 0 Å². The smallest absolute Gasteiger partial charge is 0.242 e. The minimum Gasteiger partial charge on any atom is -0.394 e. The maximum Gasteiger partial charge on any atom is 0.242 e. The molecule has 3 N–H and O–H groups in total. The molecule has 0 radical (unpaired) electrons. The first-order chi connectivity index (χ1) is 8.99. The van der Waals surface area contributed by atoms with Crippen molar-refractivity contribution in [3.05, 3.63) is 35.6 Å². The summed E-state index contributed by atoms with van der Waals surface area (Å²) in [7, 11) is 3.45. The summed E-state index contributed by atoms with van der Waals surface area (Å²) in [4.78, 5) is 13.8. The van der Waals surface area contributed by atoms with Crippen LogP contribution in [0.1, 0.15) is 11.6 Å². The van der Waals surface area contributed by atoms with Gasteiger partial charge in [-0.3, -0.25) is 9.69 Å². The Bertz CT molecular complexity index is 405. The number of likely N-dealkylation sites (N-methyl/N-ethyl adjacent to an activating group) is 1. The van der Waals surface area contributed by atoms with Gasteiger partial charge in [0.2, 0.25) is 5.91 Å². The first kappa shape index (κ1) is 15.6. The van der Waals surface area contributed by atoms with Crippen molar-refractivity contribution in [2.24, 2.45) is 0 Å². The molecule has 1 atom stereocenters. The van der Waals surface area contributed by atoms with Gasteiger partial charge in [-0.25, -0.2) is 4.39 Å². The number of aliphatic hydroxyl groups is 2. The summed E-state index contributed by atoms with van der Waals surface area (Å²) >= 11 is 0. The number of nitrogens with zero attached hydrogens (tertiary/aromatic N) is 1. The molecule has 0 aliphatic carbocycles. The summed E-state index contributed by atoms with van der Waals surface area (Å²) in [5.41, 5.74) is 0.638. The lowest BCUT2D eigenvalue weighted by molar-refractivity contribution is -0.127. The fourth-order valence-corrected chi connectivity index (χ4v) is 1.76. The molecule has 1 aromatic carbocycles. The number of hydrogen-bond acceptors (Lipinski definition) is 4. The second-order valence-corrected chi connectivity index (χ2v) is 4.49. The van der Waals surface area contributed by atoms with Gasteiger partial charge in [-0.15, -0.1) is 0 Å². The van der Waals surface area contributed by atoms with Gasteiger partial charge in [-0.05, 0) is 31.8 Å². The molecule has 19 heavy (non-hydrogen) atoms. The summed E-state index contributed by atoms with van der Waals surface area (Å²) in [6, 6.07) is 4.33. The van der Waals surface area contributed by atoms with E-state index < -0.39 is 12.1 Å². The Hall–Kier alpha value is -1.50. The predicted molar refractivity (Wildman–Crippen MR) is 68.9 cm³/mol. The number of benzene rings is 1. The van der Waals surface area contributed by atoms with Gasteiger partial charge in [0.15, 0.2) is 0 Å². The molecule has 1 rings (SSSR count). The van der Waals surface area contributed by atoms with E-state index in [1.165, 1.54) is 24.3 Å². The number of nitrogens with one attached hydrogen (secondary N) is 1. The summed E-state index contributed by atoms with van der Waals surface area (Å²) in [6.07, 6.45) is 0. The molecule has 0 spiro atoms. The zero-order valence-corrected chi connectivity index (χ0v) is 11.0. The zero-order chi connectivity index (χ0) is 14.4. The normalized spacial score (nSPS) is 12.8. The van der Waals surface area contributed by atoms with E-state index in [2.05, 4.69) is 5.32 Å². The monoisotopic (exact) mass is 270 g/mol. The van der Waals surface area contributed by atoms with Crippen molar-refractivity contribution < 1.29 is 19.4 Å². The van der Waals surface area contributed by atoms with Crippen LogP contribution < -0.4 is 5.32 Å². The number of aliphatic hydroxyl groups excluding tert-OH is 2. The van der Waals surface area contributed by atoms with E-state index >= 15 is 0 Å². The van der Waals surface area contributed by atoms with Gasteiger partial charge in [0.25, 0.3) is 0 Å². The van der Waals surface area contributed by atoms with Gasteiger partial charge in [0.05, 0.1) is 19.3 Å². The third kappa shape index (κ3) is 4.27. The van der Waals surface area contributed by atoms with Crippen LogP contribution >= 0.6 is 0 Å². The largest absolute Gasteiger partial charge is 0.394 e. The number of carbonyl (C=O) groups is 1. The van der Waals surface area contributed by atoms with Crippen LogP contribution in [-0.4, -0.2) is 54.4 Å². The summed E-state index contributed by atoms with van der Waals surface area (Å²) in [5, 5.41) is 20.5. The van der Waals surface area contributed by atoms with E-state index in [-0.39, 0.29) is 24.9 Å². The summed E-state index contributed by atoms with van der Waals surface area (Å²) in [5.74, 6) is -0.727. The van der Waals surface area contributed by atoms with Crippen LogP contribution in [0.4, 0.5) is 4.39 Å². The van der Waals surface area contributed by atoms with Crippen molar-refractivity contribution >= 4 is 5.91 Å². The predicted octanol–water partition coefficient (Wildman–Crippen LogP) is -0.102. The maximum atomic E-state index is 12.9. The molecule has 0 aromatic heterocycles. The molecule has 0 aliphatic heterocycles. The number of rotatable bonds is 6. The van der Waals surface area contributed by atoms with Crippen molar-refractivity contribution in [3.8, 4) is 0 Å². The fourth-order valence-electron chi connectivity index (χ4n) is 1.76. The van der Waals surface area contributed by atoms with E-state index in [4.69, 9.17) is 10.2 Å². The molecule has 0 saturated heterocycles. The molecule has 1 unspecified atom stereocenters. The molecule has 0 saturated carbocycles. The Morgan fingerprint density at radius 1 is 1.26 bits per heavy atom. The lowest BCUT2D eigenvalue weighted by Gasteiger charge is -2.25. The highest BCUT2D eigenvalue weighted by atomic mass is 19.1. The number of carbonyl (C=O) groups excluding carboxylic acids is 1. The molecule has 0 fully saturated rings. The molecule has 0 bridgehead atoms. The minimum absolute atomic E-state index is 0.341. The first-order valence-corrected chi connectivity index (χ1v) is 5.93. The molecule has 0 heterocycles. The number of halogens is 1. The highest BCUT2D eigenvalue weighted by Crippen LogP contribution is 2.19. The molecule has 1 aromatic rings. The number of amides is 1. The molecule has 6 heteroatoms. The Morgan fingerprint density at radius 2 is 1.79 bits per heavy atom. The summed E-state index contributed by atoms with van der Waals surface area (Å²) in [6.45, 7) is -0.683. The minimum atomic E-state index is -0.699. The molecular weight excluding hydrogens is 251 g/mol. The lowest BCUT2D eigenvalue weighted by atomic mass is 10.0. The van der Waals surface area contributed by atoms with Gasteiger partial charge in [0.1, 0.15) is 11.9 Å². The molecule has 1 amide bonds. The Kier molecular flexibility index (Phi) is 5.88. The molecule has 5 nitrogen and oxygen atoms in total. The highest BCUT2D eigenvalue weighted by Gasteiger charge is 2.24. The lowest BCUT2D eigenvalue weighted by Crippen LogP contribution is -2.45. The van der Waals surface area contributed by atoms with Crippen molar-refractivity contribution in [2.75, 3.05) is 27.3 Å². The zero-order valence-electron chi connectivity index (χ0n) is 11.0. The molecule has 106 valence electrons. The van der Waals surface area contributed by atoms with Crippen LogP contribution in [-0.2, 0) is 4.79 Å². The molecular formula is C13H19FN2O3. The van der Waals surface area contributed by atoms with Crippen LogP contribution in [0.25, 0.3) is 0 Å². The fraction of sp³-hybridized carbons (Fsp3) is 0.462. The SMILES string of the molecule is CN(C)C(C(=O)NC(CO)CO)c1ccc(F)cc1. The quantitative estimate of drug-likeness (QED) is 0.675. The average molecular weight is 270 g/mol. The topological polar surface area (TPSA) is 72.8 Å². The standard InChI is InChI=1S/C13H19FN2O3/c1-16(2)12(9-3-5-10(14)6-4-9)13(19)15-11(7-17)8-18/h3-6,11-12,17-18H,7-8H2,1-2H3,(H,15,19). The van der Waals surface area contributed by atoms with Crippen LogP contribution in [0.2, 0.25) is 0 Å². The number of hydrogen-bond donors (Lipinski definition) is 3. The van der Waals surface area contributed by atoms with E-state index in [1.54, 1.807) is 19.0 Å². The Labute approximate surface area is 111 Å². The molecule has 0 aliphatic rings. The second kappa shape index (κ2) is 7.18. The summed E-state index contributed by atoms with van der Waals surface area (Å²) < 4.78 is 12.9. The van der Waals surface area contributed by atoms with E-state index in [9.17, 15) is 9.18 Å². The van der Waals surface area contributed by atoms with Crippen LogP contribution in [0.15, 0.2) is 24.3 Å². The highest BCUT2D eigenvalue weighted by molar-refractivity contribution is 5.83. The van der Waals surface area contributed by atoms with E-state index in [0.29, 0.717) is 5.56 Å². The van der Waals surface area contributed by atoms with E-state index in [1.807, 2.05) is 0 Å². The third-order valence-corrected chi connectivity index (χ3v) is 2.74. The van der Waals surface area contributed by atoms with Gasteiger partial charge >= 0.3 is 0 Å². The van der Waals surface area contributed by atoms with Gasteiger partial charge in [-0.1, -0.05) is 12.1 Å². The first-order valence-electron chi connectivity index (χ1n) is 5.93. The average Bonchev–Trinajstić information content (AvgIpc) is 2.38. The van der Waals surface area contributed by atoms with Crippen molar-refractivity contribution in [3.63, 3.8) is 0 Å². The van der Waals surface area contributed by atoms with Crippen LogP contribution in [0.3, 0.4) is 0 Å². The van der Waals surface area contributed by atoms with Gasteiger partial charge in [-0.2, -0.15) is 0 Å². The second-order valence-electron chi connectivity index (χ2n) is 4.49. The van der Waals surface area contributed by atoms with Gasteiger partial charge in [0, 0.05) is 0 Å². The maximum absolute atomic E-state index is 12.9. The van der Waals surface area contributed by atoms with Crippen molar-refractivity contribution in [1.82, 2.24) is 10.2 Å². The third-order valence-electron chi connectivity index (χ3n) is 2.74. The van der Waals surface area contributed by atoms with E-state index in [0.717, 1.165) is 0 Å². The van der Waals surface area contributed by atoms with Crippen molar-refractivity contribution in [2.45, 2.75) is 12.1 Å². The van der Waals surface area contributed by atoms with Crippen LogP contribution in [0.5, 0.6) is 0 Å². The Balaban J connectivity index is 2.88. The van der Waals surface area contributed by atoms with Crippen LogP contribution in [0, 0.1) is 5.82 Å². The Morgan fingerprint density at radius 3 is 2.21 bits per heavy atom.